The predicted octanol–water partition coefficient (Wildman–Crippen LogP) is 3.06. The molecular weight excluding hydrogens is 432 g/mol. The normalized spacial score (nSPS) is 10.9. The smallest absolute Gasteiger partial charge is 0.261 e. The second-order valence-corrected chi connectivity index (χ2v) is 7.55. The highest BCUT2D eigenvalue weighted by molar-refractivity contribution is 5.91. The molecule has 10 nitrogen and oxygen atoms in total. The maximum absolute atomic E-state index is 12.6. The van der Waals surface area contributed by atoms with Gasteiger partial charge >= 0.3 is 0 Å². The molecule has 2 N–H and O–H groups in total. The molecule has 10 heteroatoms. The summed E-state index contributed by atoms with van der Waals surface area (Å²) in [4.78, 5) is 38.1. The van der Waals surface area contributed by atoms with E-state index in [0.29, 0.717) is 34.1 Å². The molecule has 2 aromatic carbocycles. The van der Waals surface area contributed by atoms with Crippen LogP contribution in [0.4, 0.5) is 17.2 Å². The first-order valence-corrected chi connectivity index (χ1v) is 10.5. The van der Waals surface area contributed by atoms with E-state index in [4.69, 9.17) is 0 Å². The Balaban J connectivity index is 1.26. The molecule has 0 aliphatic heterocycles. The van der Waals surface area contributed by atoms with Crippen LogP contribution in [-0.4, -0.2) is 35.2 Å². The Morgan fingerprint density at radius 3 is 2.59 bits per heavy atom. The molecule has 0 bridgehead atoms. The maximum Gasteiger partial charge on any atom is 0.261 e. The summed E-state index contributed by atoms with van der Waals surface area (Å²) in [6.07, 6.45) is 4.88. The average Bonchev–Trinajstić information content (AvgIpc) is 3.37. The monoisotopic (exact) mass is 452 g/mol. The molecule has 0 aliphatic rings. The third-order valence-corrected chi connectivity index (χ3v) is 5.05. The van der Waals surface area contributed by atoms with Gasteiger partial charge < -0.3 is 10.6 Å². The van der Waals surface area contributed by atoms with Crippen LogP contribution in [0.2, 0.25) is 0 Å². The molecule has 168 valence electrons. The zero-order valence-electron chi connectivity index (χ0n) is 18.2. The molecule has 34 heavy (non-hydrogen) atoms. The van der Waals surface area contributed by atoms with E-state index in [1.54, 1.807) is 47.3 Å². The quantitative estimate of drug-likeness (QED) is 0.406. The van der Waals surface area contributed by atoms with Crippen molar-refractivity contribution in [1.29, 1.82) is 0 Å². The maximum atomic E-state index is 12.6. The van der Waals surface area contributed by atoms with Crippen LogP contribution in [0.5, 0.6) is 0 Å². The summed E-state index contributed by atoms with van der Waals surface area (Å²) >= 11 is 0. The average molecular weight is 452 g/mol. The number of nitrogens with zero attached hydrogens (tertiary/aromatic N) is 6. The van der Waals surface area contributed by atoms with Gasteiger partial charge in [0.15, 0.2) is 5.82 Å². The highest BCUT2D eigenvalue weighted by Crippen LogP contribution is 2.19. The van der Waals surface area contributed by atoms with Crippen molar-refractivity contribution < 1.29 is 4.79 Å². The highest BCUT2D eigenvalue weighted by Gasteiger charge is 2.09. The van der Waals surface area contributed by atoms with Crippen molar-refractivity contribution in [2.75, 3.05) is 10.6 Å². The van der Waals surface area contributed by atoms with E-state index in [0.717, 1.165) is 5.69 Å². The minimum absolute atomic E-state index is 0.132. The Labute approximate surface area is 193 Å². The topological polar surface area (TPSA) is 120 Å². The summed E-state index contributed by atoms with van der Waals surface area (Å²) in [6, 6.07) is 17.8. The Hall–Kier alpha value is -4.86. The number of anilines is 3. The highest BCUT2D eigenvalue weighted by atomic mass is 16.2. The van der Waals surface area contributed by atoms with Crippen LogP contribution < -0.4 is 16.2 Å². The van der Waals surface area contributed by atoms with Crippen LogP contribution in [0.15, 0.2) is 84.2 Å². The molecule has 5 rings (SSSR count). The first-order valence-electron chi connectivity index (χ1n) is 10.5. The number of rotatable bonds is 6. The number of fused-ring (bicyclic) bond motifs is 1. The van der Waals surface area contributed by atoms with Gasteiger partial charge in [-0.15, -0.1) is 0 Å². The van der Waals surface area contributed by atoms with E-state index in [-0.39, 0.29) is 18.0 Å². The van der Waals surface area contributed by atoms with Crippen LogP contribution in [0, 0.1) is 6.92 Å². The van der Waals surface area contributed by atoms with Gasteiger partial charge in [-0.05, 0) is 49.4 Å². The number of hydrogen-bond acceptors (Lipinski definition) is 7. The number of carbonyl (C=O) groups is 1. The van der Waals surface area contributed by atoms with Gasteiger partial charge in [0.1, 0.15) is 18.2 Å². The molecule has 0 saturated heterocycles. The van der Waals surface area contributed by atoms with Crippen molar-refractivity contribution in [3.05, 3.63) is 95.6 Å². The lowest BCUT2D eigenvalue weighted by atomic mass is 10.2. The summed E-state index contributed by atoms with van der Waals surface area (Å²) in [6.45, 7) is 1.68. The van der Waals surface area contributed by atoms with Crippen LogP contribution in [0.25, 0.3) is 16.7 Å². The van der Waals surface area contributed by atoms with Gasteiger partial charge in [0, 0.05) is 29.8 Å². The summed E-state index contributed by atoms with van der Waals surface area (Å²) in [7, 11) is 0. The Morgan fingerprint density at radius 1 is 1.00 bits per heavy atom. The van der Waals surface area contributed by atoms with E-state index < -0.39 is 0 Å². The number of aromatic nitrogens is 6. The molecule has 0 saturated carbocycles. The van der Waals surface area contributed by atoms with Crippen molar-refractivity contribution >= 4 is 34.0 Å². The number of benzene rings is 2. The number of carbonyl (C=O) groups excluding carboxylic acids is 1. The first-order chi connectivity index (χ1) is 16.5. The zero-order chi connectivity index (χ0) is 23.5. The second-order valence-electron chi connectivity index (χ2n) is 7.55. The molecule has 0 radical (unpaired) electrons. The number of hydrogen-bond donors (Lipinski definition) is 2. The van der Waals surface area contributed by atoms with E-state index in [1.807, 2.05) is 37.4 Å². The zero-order valence-corrected chi connectivity index (χ0v) is 18.2. The summed E-state index contributed by atoms with van der Waals surface area (Å²) in [5, 5.41) is 10.7. The summed E-state index contributed by atoms with van der Waals surface area (Å²) < 4.78 is 2.96. The minimum Gasteiger partial charge on any atom is -0.340 e. The fourth-order valence-electron chi connectivity index (χ4n) is 3.50. The van der Waals surface area contributed by atoms with Crippen molar-refractivity contribution in [1.82, 2.24) is 29.3 Å². The molecule has 3 aromatic heterocycles. The van der Waals surface area contributed by atoms with Crippen molar-refractivity contribution in [3.8, 4) is 5.82 Å². The fourth-order valence-corrected chi connectivity index (χ4v) is 3.50. The van der Waals surface area contributed by atoms with Gasteiger partial charge in [0.05, 0.1) is 17.2 Å². The summed E-state index contributed by atoms with van der Waals surface area (Å²) in [5.41, 5.74) is 1.74. The Kier molecular flexibility index (Phi) is 5.53. The van der Waals surface area contributed by atoms with Crippen molar-refractivity contribution in [3.63, 3.8) is 0 Å². The molecule has 0 aliphatic carbocycles. The molecule has 1 amide bonds. The minimum atomic E-state index is -0.324. The molecule has 0 atom stereocenters. The number of nitrogens with one attached hydrogen (secondary N) is 2. The third-order valence-electron chi connectivity index (χ3n) is 5.05. The molecule has 0 unspecified atom stereocenters. The second kappa shape index (κ2) is 8.94. The lowest BCUT2D eigenvalue weighted by Crippen LogP contribution is -2.27. The standard InChI is InChI=1S/C24H20N8O2/c1-16-27-21(13-22(28-16)32-12-4-11-26-32)29-17-7-9-18(10-8-17)30-23(33)14-31-15-25-20-6-3-2-5-19(20)24(31)34/h2-13,15H,14H2,1H3,(H,30,33)(H,27,28,29). The van der Waals surface area contributed by atoms with Gasteiger partial charge in [-0.25, -0.2) is 19.6 Å². The predicted molar refractivity (Wildman–Crippen MR) is 128 cm³/mol. The number of amides is 1. The van der Waals surface area contributed by atoms with E-state index >= 15 is 0 Å². The molecule has 5 aromatic rings. The van der Waals surface area contributed by atoms with Crippen LogP contribution in [0.3, 0.4) is 0 Å². The van der Waals surface area contributed by atoms with E-state index in [9.17, 15) is 9.59 Å². The van der Waals surface area contributed by atoms with Gasteiger partial charge in [0.2, 0.25) is 5.91 Å². The van der Waals surface area contributed by atoms with Gasteiger partial charge in [0.25, 0.3) is 5.56 Å². The largest absolute Gasteiger partial charge is 0.340 e. The lowest BCUT2D eigenvalue weighted by Gasteiger charge is -2.11. The molecule has 0 fully saturated rings. The van der Waals surface area contributed by atoms with Crippen LogP contribution in [0.1, 0.15) is 5.82 Å². The lowest BCUT2D eigenvalue weighted by molar-refractivity contribution is -0.116. The third kappa shape index (κ3) is 4.51. The molecular formula is C24H20N8O2. The number of para-hydroxylation sites is 1. The van der Waals surface area contributed by atoms with Gasteiger partial charge in [-0.1, -0.05) is 12.1 Å². The first kappa shape index (κ1) is 21.0. The summed E-state index contributed by atoms with van der Waals surface area (Å²) in [5.74, 6) is 1.56. The molecule has 0 spiro atoms. The van der Waals surface area contributed by atoms with Crippen molar-refractivity contribution in [2.24, 2.45) is 0 Å². The van der Waals surface area contributed by atoms with E-state index in [1.165, 1.54) is 10.9 Å². The van der Waals surface area contributed by atoms with Crippen LogP contribution >= 0.6 is 0 Å². The van der Waals surface area contributed by atoms with E-state index in [2.05, 4.69) is 30.7 Å². The fraction of sp³-hybridized carbons (Fsp3) is 0.0833. The van der Waals surface area contributed by atoms with Crippen LogP contribution in [-0.2, 0) is 11.3 Å². The van der Waals surface area contributed by atoms with Crippen molar-refractivity contribution in [2.45, 2.75) is 13.5 Å². The Bertz CT molecular complexity index is 1530. The van der Waals surface area contributed by atoms with Gasteiger partial charge in [-0.2, -0.15) is 5.10 Å². The van der Waals surface area contributed by atoms with Gasteiger partial charge in [-0.3, -0.25) is 14.2 Å². The SMILES string of the molecule is Cc1nc(Nc2ccc(NC(=O)Cn3cnc4ccccc4c3=O)cc2)cc(-n2cccn2)n1. The Morgan fingerprint density at radius 2 is 1.79 bits per heavy atom. The molecule has 3 heterocycles. The number of aryl methyl sites for hydroxylation is 1.